The highest BCUT2D eigenvalue weighted by Crippen LogP contribution is 2.33. The van der Waals surface area contributed by atoms with Crippen LogP contribution in [0.25, 0.3) is 0 Å². The molecule has 11 heteroatoms. The summed E-state index contributed by atoms with van der Waals surface area (Å²) in [5.41, 5.74) is 0.945. The van der Waals surface area contributed by atoms with E-state index in [1.54, 1.807) is 43.3 Å². The molecule has 40 heavy (non-hydrogen) atoms. The van der Waals surface area contributed by atoms with Gasteiger partial charge in [-0.2, -0.15) is 0 Å². The van der Waals surface area contributed by atoms with Crippen LogP contribution in [-0.4, -0.2) is 43.3 Å². The average Bonchev–Trinajstić information content (AvgIpc) is 2.87. The van der Waals surface area contributed by atoms with Crippen LogP contribution < -0.4 is 9.62 Å². The Kier molecular flexibility index (Phi) is 10.2. The summed E-state index contributed by atoms with van der Waals surface area (Å²) in [4.78, 5) is 28.5. The first-order chi connectivity index (χ1) is 18.6. The summed E-state index contributed by atoms with van der Waals surface area (Å²) in [5.74, 6) is -1.04. The first-order valence-corrected chi connectivity index (χ1v) is 15.1. The van der Waals surface area contributed by atoms with E-state index in [9.17, 15) is 18.0 Å². The lowest BCUT2D eigenvalue weighted by Gasteiger charge is -2.33. The van der Waals surface area contributed by atoms with Gasteiger partial charge >= 0.3 is 0 Å². The lowest BCUT2D eigenvalue weighted by atomic mass is 10.1. The van der Waals surface area contributed by atoms with Crippen LogP contribution in [0.1, 0.15) is 38.8 Å². The van der Waals surface area contributed by atoms with Gasteiger partial charge in [-0.05, 0) is 76.6 Å². The van der Waals surface area contributed by atoms with Crippen molar-refractivity contribution >= 4 is 62.3 Å². The SMILES string of the molecule is Cc1ccc(S(=O)(=O)N(CC(=O)N(Cc2ccccc2Cl)[C@H](C)C(=O)NC(C)(C)C)c2cc(Cl)ccc2Cl)cc1. The van der Waals surface area contributed by atoms with Crippen LogP contribution in [0, 0.1) is 6.92 Å². The van der Waals surface area contributed by atoms with Gasteiger partial charge in [-0.1, -0.05) is 70.7 Å². The molecule has 1 N–H and O–H groups in total. The molecule has 0 fully saturated rings. The minimum Gasteiger partial charge on any atom is -0.350 e. The van der Waals surface area contributed by atoms with Gasteiger partial charge in [0.15, 0.2) is 0 Å². The number of rotatable bonds is 9. The zero-order chi connectivity index (χ0) is 29.8. The van der Waals surface area contributed by atoms with Gasteiger partial charge in [0.1, 0.15) is 12.6 Å². The van der Waals surface area contributed by atoms with E-state index in [1.807, 2.05) is 27.7 Å². The molecule has 0 spiro atoms. The van der Waals surface area contributed by atoms with E-state index < -0.39 is 40.0 Å². The van der Waals surface area contributed by atoms with Crippen LogP contribution in [0.15, 0.2) is 71.6 Å². The lowest BCUT2D eigenvalue weighted by Crippen LogP contribution is -2.54. The number of halogens is 3. The van der Waals surface area contributed by atoms with E-state index in [2.05, 4.69) is 5.32 Å². The van der Waals surface area contributed by atoms with Crippen molar-refractivity contribution in [2.75, 3.05) is 10.8 Å². The predicted octanol–water partition coefficient (Wildman–Crippen LogP) is 6.48. The Morgan fingerprint density at radius 3 is 2.15 bits per heavy atom. The molecule has 1 atom stereocenters. The molecule has 0 radical (unpaired) electrons. The highest BCUT2D eigenvalue weighted by atomic mass is 35.5. The average molecular weight is 625 g/mol. The van der Waals surface area contributed by atoms with Crippen molar-refractivity contribution in [1.82, 2.24) is 10.2 Å². The third-order valence-corrected chi connectivity index (χ3v) is 8.73. The van der Waals surface area contributed by atoms with Crippen molar-refractivity contribution in [3.63, 3.8) is 0 Å². The van der Waals surface area contributed by atoms with Gasteiger partial charge in [0.2, 0.25) is 11.8 Å². The summed E-state index contributed by atoms with van der Waals surface area (Å²) in [7, 11) is -4.28. The molecule has 3 rings (SSSR count). The molecule has 0 heterocycles. The normalized spacial score (nSPS) is 12.5. The van der Waals surface area contributed by atoms with Crippen molar-refractivity contribution < 1.29 is 18.0 Å². The predicted molar refractivity (Wildman–Crippen MR) is 162 cm³/mol. The quantitative estimate of drug-likeness (QED) is 0.295. The summed E-state index contributed by atoms with van der Waals surface area (Å²) in [6.07, 6.45) is 0. The van der Waals surface area contributed by atoms with Gasteiger partial charge in [0.05, 0.1) is 15.6 Å². The van der Waals surface area contributed by atoms with Gasteiger partial charge in [-0.3, -0.25) is 13.9 Å². The molecule has 0 aliphatic carbocycles. The monoisotopic (exact) mass is 623 g/mol. The van der Waals surface area contributed by atoms with Crippen molar-refractivity contribution in [1.29, 1.82) is 0 Å². The Morgan fingerprint density at radius 2 is 1.55 bits per heavy atom. The molecule has 0 saturated heterocycles. The number of nitrogens with one attached hydrogen (secondary N) is 1. The van der Waals surface area contributed by atoms with Gasteiger partial charge in [0, 0.05) is 22.1 Å². The van der Waals surface area contributed by atoms with E-state index in [1.165, 1.54) is 35.2 Å². The van der Waals surface area contributed by atoms with Crippen LogP contribution in [-0.2, 0) is 26.2 Å². The topological polar surface area (TPSA) is 86.8 Å². The number of carbonyl (C=O) groups is 2. The number of carbonyl (C=O) groups excluding carboxylic acids is 2. The second-order valence-corrected chi connectivity index (χ2v) is 13.6. The lowest BCUT2D eigenvalue weighted by molar-refractivity contribution is -0.140. The zero-order valence-corrected chi connectivity index (χ0v) is 26.0. The molecule has 0 aliphatic rings. The third-order valence-electron chi connectivity index (χ3n) is 6.03. The number of aryl methyl sites for hydroxylation is 1. The summed E-state index contributed by atoms with van der Waals surface area (Å²) in [6, 6.07) is 16.6. The molecule has 0 saturated carbocycles. The molecule has 0 aliphatic heterocycles. The highest BCUT2D eigenvalue weighted by Gasteiger charge is 2.34. The standard InChI is InChI=1S/C29H32Cl3N3O4S/c1-19-10-13-23(14-11-19)40(38,39)35(26-16-22(30)12-15-25(26)32)18-27(36)34(17-21-8-6-7-9-24(21)31)20(2)28(37)33-29(3,4)5/h6-16,20H,17-18H2,1-5H3,(H,33,37)/t20-/m1/s1. The van der Waals surface area contributed by atoms with Gasteiger partial charge < -0.3 is 10.2 Å². The minimum absolute atomic E-state index is 0.0288. The number of hydrogen-bond donors (Lipinski definition) is 1. The van der Waals surface area contributed by atoms with Crippen molar-refractivity contribution in [2.24, 2.45) is 0 Å². The van der Waals surface area contributed by atoms with Gasteiger partial charge in [-0.25, -0.2) is 8.42 Å². The summed E-state index contributed by atoms with van der Waals surface area (Å²) in [6.45, 7) is 8.23. The van der Waals surface area contributed by atoms with Crippen molar-refractivity contribution in [2.45, 2.75) is 57.6 Å². The zero-order valence-electron chi connectivity index (χ0n) is 22.9. The fourth-order valence-electron chi connectivity index (χ4n) is 3.89. The molecular weight excluding hydrogens is 593 g/mol. The maximum Gasteiger partial charge on any atom is 0.264 e. The number of sulfonamides is 1. The van der Waals surface area contributed by atoms with Crippen molar-refractivity contribution in [3.05, 3.63) is 92.9 Å². The number of nitrogens with zero attached hydrogens (tertiary/aromatic N) is 2. The molecule has 7 nitrogen and oxygen atoms in total. The smallest absolute Gasteiger partial charge is 0.264 e. The summed E-state index contributed by atoms with van der Waals surface area (Å²) >= 11 is 19.0. The molecule has 3 aromatic rings. The fraction of sp³-hybridized carbons (Fsp3) is 0.310. The van der Waals surface area contributed by atoms with Gasteiger partial charge in [0.25, 0.3) is 10.0 Å². The first kappa shape index (κ1) is 31.7. The van der Waals surface area contributed by atoms with E-state index in [-0.39, 0.29) is 27.2 Å². The van der Waals surface area contributed by atoms with Gasteiger partial charge in [-0.15, -0.1) is 0 Å². The molecule has 214 valence electrons. The van der Waals surface area contributed by atoms with E-state index in [4.69, 9.17) is 34.8 Å². The maximum atomic E-state index is 14.0. The minimum atomic E-state index is -4.28. The number of benzene rings is 3. The second kappa shape index (κ2) is 12.8. The largest absolute Gasteiger partial charge is 0.350 e. The third kappa shape index (κ3) is 7.91. The fourth-order valence-corrected chi connectivity index (χ4v) is 5.95. The Morgan fingerprint density at radius 1 is 0.925 bits per heavy atom. The summed E-state index contributed by atoms with van der Waals surface area (Å²) in [5, 5.41) is 3.61. The van der Waals surface area contributed by atoms with Crippen LogP contribution in [0.2, 0.25) is 15.1 Å². The Balaban J connectivity index is 2.09. The molecule has 0 unspecified atom stereocenters. The summed E-state index contributed by atoms with van der Waals surface area (Å²) < 4.78 is 28.8. The molecule has 3 aromatic carbocycles. The second-order valence-electron chi connectivity index (χ2n) is 10.4. The Hall–Kier alpha value is -2.78. The van der Waals surface area contributed by atoms with Crippen LogP contribution in [0.4, 0.5) is 5.69 Å². The number of hydrogen-bond acceptors (Lipinski definition) is 4. The Labute approximate surface area is 251 Å². The highest BCUT2D eigenvalue weighted by molar-refractivity contribution is 7.92. The molecular formula is C29H32Cl3N3O4S. The van der Waals surface area contributed by atoms with E-state index >= 15 is 0 Å². The number of amides is 2. The van der Waals surface area contributed by atoms with E-state index in [0.29, 0.717) is 10.6 Å². The molecule has 0 aromatic heterocycles. The maximum absolute atomic E-state index is 14.0. The van der Waals surface area contributed by atoms with Crippen molar-refractivity contribution in [3.8, 4) is 0 Å². The first-order valence-electron chi connectivity index (χ1n) is 12.5. The van der Waals surface area contributed by atoms with E-state index in [0.717, 1.165) is 9.87 Å². The van der Waals surface area contributed by atoms with Crippen LogP contribution >= 0.6 is 34.8 Å². The Bertz CT molecular complexity index is 1490. The molecule has 2 amide bonds. The van der Waals surface area contributed by atoms with Crippen LogP contribution in [0.5, 0.6) is 0 Å². The van der Waals surface area contributed by atoms with Crippen LogP contribution in [0.3, 0.4) is 0 Å². The molecule has 0 bridgehead atoms. The number of anilines is 1.